The zero-order valence-electron chi connectivity index (χ0n) is 8.54. The molecule has 0 amide bonds. The number of anilines is 1. The van der Waals surface area contributed by atoms with Gasteiger partial charge >= 0.3 is 0 Å². The van der Waals surface area contributed by atoms with Gasteiger partial charge < -0.3 is 5.32 Å². The van der Waals surface area contributed by atoms with Gasteiger partial charge in [-0.15, -0.1) is 48.6 Å². The number of rotatable bonds is 2. The minimum Gasteiger partial charge on any atom is -0.380 e. The minimum absolute atomic E-state index is 0. The Labute approximate surface area is 118 Å². The molecular weight excluding hydrogens is 287 g/mol. The molecule has 0 aliphatic carbocycles. The SMILES string of the molecule is CNc1ccc(-c2ccccn2)s1.Cl.Cl.Cl. The van der Waals surface area contributed by atoms with Gasteiger partial charge in [0.05, 0.1) is 15.6 Å². The first-order valence-electron chi connectivity index (χ1n) is 4.09. The van der Waals surface area contributed by atoms with Crippen molar-refractivity contribution < 1.29 is 0 Å². The summed E-state index contributed by atoms with van der Waals surface area (Å²) in [6.45, 7) is 0. The van der Waals surface area contributed by atoms with Crippen molar-refractivity contribution in [1.29, 1.82) is 0 Å². The predicted octanol–water partition coefficient (Wildman–Crippen LogP) is 4.12. The van der Waals surface area contributed by atoms with Gasteiger partial charge in [0.15, 0.2) is 0 Å². The van der Waals surface area contributed by atoms with Crippen molar-refractivity contribution in [3.63, 3.8) is 0 Å². The van der Waals surface area contributed by atoms with E-state index in [1.54, 1.807) is 11.3 Å². The Morgan fingerprint density at radius 1 is 1.06 bits per heavy atom. The van der Waals surface area contributed by atoms with E-state index in [2.05, 4.69) is 22.4 Å². The molecule has 2 aromatic heterocycles. The first-order chi connectivity index (χ1) is 6.40. The molecule has 0 aliphatic heterocycles. The Bertz CT molecular complexity index is 392. The number of aromatic nitrogens is 1. The molecule has 1 N–H and O–H groups in total. The summed E-state index contributed by atoms with van der Waals surface area (Å²) in [7, 11) is 1.92. The third-order valence-electron chi connectivity index (χ3n) is 1.77. The first kappa shape index (κ1) is 17.9. The topological polar surface area (TPSA) is 24.9 Å². The van der Waals surface area contributed by atoms with Crippen LogP contribution in [0.4, 0.5) is 5.00 Å². The molecule has 0 fully saturated rings. The number of halogens is 3. The second-order valence-corrected chi connectivity index (χ2v) is 3.71. The largest absolute Gasteiger partial charge is 0.380 e. The van der Waals surface area contributed by atoms with Gasteiger partial charge in [-0.3, -0.25) is 4.98 Å². The third kappa shape index (κ3) is 4.18. The van der Waals surface area contributed by atoms with E-state index in [4.69, 9.17) is 0 Å². The summed E-state index contributed by atoms with van der Waals surface area (Å²) in [6, 6.07) is 10.1. The van der Waals surface area contributed by atoms with E-state index in [0.717, 1.165) is 5.69 Å². The van der Waals surface area contributed by atoms with Crippen LogP contribution >= 0.6 is 48.6 Å². The molecule has 0 atom stereocenters. The Morgan fingerprint density at radius 2 is 1.81 bits per heavy atom. The van der Waals surface area contributed by atoms with Gasteiger partial charge in [-0.25, -0.2) is 0 Å². The second-order valence-electron chi connectivity index (χ2n) is 2.63. The summed E-state index contributed by atoms with van der Waals surface area (Å²) in [6.07, 6.45) is 1.81. The van der Waals surface area contributed by atoms with E-state index in [-0.39, 0.29) is 37.2 Å². The molecule has 0 aromatic carbocycles. The van der Waals surface area contributed by atoms with Crippen molar-refractivity contribution in [3.05, 3.63) is 36.5 Å². The van der Waals surface area contributed by atoms with Crippen LogP contribution in [0.25, 0.3) is 10.6 Å². The maximum absolute atomic E-state index is 4.28. The number of nitrogens with zero attached hydrogens (tertiary/aromatic N) is 1. The molecule has 0 saturated carbocycles. The van der Waals surface area contributed by atoms with Crippen LogP contribution in [0, 0.1) is 0 Å². The van der Waals surface area contributed by atoms with Crippen LogP contribution in [0.2, 0.25) is 0 Å². The minimum atomic E-state index is 0. The lowest BCUT2D eigenvalue weighted by Crippen LogP contribution is -1.80. The number of pyridine rings is 1. The quantitative estimate of drug-likeness (QED) is 0.902. The van der Waals surface area contributed by atoms with Crippen LogP contribution in [0.15, 0.2) is 36.5 Å². The van der Waals surface area contributed by atoms with Gasteiger partial charge in [-0.05, 0) is 24.3 Å². The van der Waals surface area contributed by atoms with Crippen molar-refractivity contribution >= 4 is 53.6 Å². The van der Waals surface area contributed by atoms with Crippen LogP contribution in [-0.2, 0) is 0 Å². The summed E-state index contributed by atoms with van der Waals surface area (Å²) in [4.78, 5) is 5.48. The molecule has 0 radical (unpaired) electrons. The lowest BCUT2D eigenvalue weighted by atomic mass is 10.3. The average Bonchev–Trinajstić information content (AvgIpc) is 2.67. The standard InChI is InChI=1S/C10H10N2S.3ClH/c1-11-10-6-5-9(13-10)8-4-2-3-7-12-8;;;/h2-7,11H,1H3;3*1H. The van der Waals surface area contributed by atoms with E-state index in [0.29, 0.717) is 0 Å². The fourth-order valence-corrected chi connectivity index (χ4v) is 1.95. The van der Waals surface area contributed by atoms with Crippen molar-refractivity contribution in [3.8, 4) is 10.6 Å². The van der Waals surface area contributed by atoms with E-state index < -0.39 is 0 Å². The van der Waals surface area contributed by atoms with Gasteiger partial charge in [0, 0.05) is 13.2 Å². The van der Waals surface area contributed by atoms with Crippen LogP contribution < -0.4 is 5.32 Å². The highest BCUT2D eigenvalue weighted by atomic mass is 35.5. The molecule has 90 valence electrons. The zero-order chi connectivity index (χ0) is 9.10. The monoisotopic (exact) mass is 298 g/mol. The molecule has 0 spiro atoms. The lowest BCUT2D eigenvalue weighted by Gasteiger charge is -1.93. The predicted molar refractivity (Wildman–Crippen MR) is 78.8 cm³/mol. The molecular formula is C10H13Cl3N2S. The Morgan fingerprint density at radius 3 is 2.31 bits per heavy atom. The van der Waals surface area contributed by atoms with E-state index in [1.165, 1.54) is 9.88 Å². The van der Waals surface area contributed by atoms with Crippen LogP contribution in [0.5, 0.6) is 0 Å². The van der Waals surface area contributed by atoms with Gasteiger partial charge in [0.25, 0.3) is 0 Å². The number of thiophene rings is 1. The summed E-state index contributed by atoms with van der Waals surface area (Å²) < 4.78 is 0. The smallest absolute Gasteiger partial charge is 0.0886 e. The Kier molecular flexibility index (Phi) is 9.67. The molecule has 0 unspecified atom stereocenters. The molecule has 2 rings (SSSR count). The summed E-state index contributed by atoms with van der Waals surface area (Å²) in [5, 5.41) is 4.28. The van der Waals surface area contributed by atoms with E-state index >= 15 is 0 Å². The van der Waals surface area contributed by atoms with Crippen molar-refractivity contribution in [1.82, 2.24) is 4.98 Å². The summed E-state index contributed by atoms with van der Waals surface area (Å²) in [5.41, 5.74) is 1.04. The Balaban J connectivity index is 0. The third-order valence-corrected chi connectivity index (χ3v) is 2.89. The average molecular weight is 300 g/mol. The van der Waals surface area contributed by atoms with Gasteiger partial charge in [-0.2, -0.15) is 0 Å². The molecule has 2 aromatic rings. The van der Waals surface area contributed by atoms with Crippen molar-refractivity contribution in [2.24, 2.45) is 0 Å². The van der Waals surface area contributed by atoms with E-state index in [1.807, 2.05) is 31.4 Å². The molecule has 6 heteroatoms. The maximum Gasteiger partial charge on any atom is 0.0886 e. The molecule has 0 bridgehead atoms. The Hall–Kier alpha value is -0.480. The summed E-state index contributed by atoms with van der Waals surface area (Å²) >= 11 is 1.71. The van der Waals surface area contributed by atoms with Gasteiger partial charge in [0.2, 0.25) is 0 Å². The molecule has 2 heterocycles. The highest BCUT2D eigenvalue weighted by molar-refractivity contribution is 7.19. The highest BCUT2D eigenvalue weighted by Gasteiger charge is 2.00. The summed E-state index contributed by atoms with van der Waals surface area (Å²) in [5.74, 6) is 0. The fraction of sp³-hybridized carbons (Fsp3) is 0.100. The number of hydrogen-bond acceptors (Lipinski definition) is 3. The lowest BCUT2D eigenvalue weighted by molar-refractivity contribution is 1.34. The van der Waals surface area contributed by atoms with E-state index in [9.17, 15) is 0 Å². The second kappa shape index (κ2) is 8.65. The highest BCUT2D eigenvalue weighted by Crippen LogP contribution is 2.29. The maximum atomic E-state index is 4.28. The van der Waals surface area contributed by atoms with Crippen molar-refractivity contribution in [2.45, 2.75) is 0 Å². The number of nitrogens with one attached hydrogen (secondary N) is 1. The van der Waals surface area contributed by atoms with Crippen LogP contribution in [0.1, 0.15) is 0 Å². The van der Waals surface area contributed by atoms with Crippen LogP contribution in [-0.4, -0.2) is 12.0 Å². The molecule has 2 nitrogen and oxygen atoms in total. The first-order valence-corrected chi connectivity index (χ1v) is 4.91. The molecule has 0 saturated heterocycles. The number of hydrogen-bond donors (Lipinski definition) is 1. The normalized spacial score (nSPS) is 8.06. The van der Waals surface area contributed by atoms with Gasteiger partial charge in [0.1, 0.15) is 0 Å². The van der Waals surface area contributed by atoms with Crippen molar-refractivity contribution in [2.75, 3.05) is 12.4 Å². The fourth-order valence-electron chi connectivity index (χ4n) is 1.12. The molecule has 16 heavy (non-hydrogen) atoms. The van der Waals surface area contributed by atoms with Gasteiger partial charge in [-0.1, -0.05) is 6.07 Å². The van der Waals surface area contributed by atoms with Crippen LogP contribution in [0.3, 0.4) is 0 Å². The zero-order valence-corrected chi connectivity index (χ0v) is 11.8. The molecule has 0 aliphatic rings.